The summed E-state index contributed by atoms with van der Waals surface area (Å²) in [6.07, 6.45) is 17.6. The van der Waals surface area contributed by atoms with Crippen LogP contribution in [0, 0.1) is 78.9 Å². The van der Waals surface area contributed by atoms with E-state index in [1.54, 1.807) is 74.2 Å². The maximum Gasteiger partial charge on any atom is 0.247 e. The molecule has 20 aromatic rings. The van der Waals surface area contributed by atoms with Crippen molar-refractivity contribution < 1.29 is 60.8 Å². The minimum absolute atomic E-state index is 0.252. The molecule has 0 saturated heterocycles. The fraction of sp³-hybridized carbons (Fsp3) is 0.234. The number of aromatic amines is 5. The quantitative estimate of drug-likeness (QED) is 0.0183. The fourth-order valence-electron chi connectivity index (χ4n) is 18.9. The Bertz CT molecular complexity index is 7670. The van der Waals surface area contributed by atoms with Gasteiger partial charge in [0.1, 0.15) is 69.2 Å². The van der Waals surface area contributed by atoms with Gasteiger partial charge in [0.25, 0.3) is 0 Å². The van der Waals surface area contributed by atoms with Crippen LogP contribution in [0.25, 0.3) is 88.6 Å². The molecule has 0 bridgehead atoms. The molecule has 0 radical (unpaired) electrons. The van der Waals surface area contributed by atoms with Gasteiger partial charge in [-0.15, -0.1) is 0 Å². The van der Waals surface area contributed by atoms with Crippen LogP contribution in [0.5, 0.6) is 5.88 Å². The van der Waals surface area contributed by atoms with E-state index in [-0.39, 0.29) is 5.56 Å². The number of rotatable bonds is 21. The summed E-state index contributed by atoms with van der Waals surface area (Å²) < 4.78 is 82.1. The zero-order chi connectivity index (χ0) is 96.2. The molecule has 9 N–H and O–H groups in total. The van der Waals surface area contributed by atoms with Crippen molar-refractivity contribution in [1.82, 2.24) is 90.4 Å². The van der Waals surface area contributed by atoms with E-state index < -0.39 is 45.9 Å². The molecule has 4 saturated carbocycles. The summed E-state index contributed by atoms with van der Waals surface area (Å²) >= 11 is 0. The van der Waals surface area contributed by atoms with Crippen molar-refractivity contribution in [3.63, 3.8) is 0 Å². The summed E-state index contributed by atoms with van der Waals surface area (Å²) in [5.41, 5.74) is 13.7. The lowest BCUT2D eigenvalue weighted by molar-refractivity contribution is 0.121. The largest absolute Gasteiger partial charge is 0.481 e. The Hall–Kier alpha value is -15.9. The highest BCUT2D eigenvalue weighted by molar-refractivity contribution is 5.92. The highest BCUT2D eigenvalue weighted by Crippen LogP contribution is 2.52. The standard InChI is InChI=1S/C28H23F2N3O2.C27H25N5O3.C26H21F2N5O2.C26H23N5O3/c1-15-25(16(2)35-33-15)18-13-23(26-24(14-18)31-27(32-26)17-3-4-17)28(34,19-5-9-21(29)10-6-19)20-7-11-22(30)12-8-20;1-15-24(16(2)35-32-15)18-12-20(25-21(13-18)30-26(31-25)17-7-8-17)27(33,22-6-4-5-11-28-22)19-9-10-23(34-3)29-14-19;1-13-23(14(2)35-33-13)16-9-19(24-20(10-16)31-25(32-24)15-3-4-15)26(34,17-5-7-21(27)29-11-17)18-6-8-22(28)30-12-18;1-14-23(15(2)34-31-14)17-11-19(24-20(12-17)29-25(30-24)16-6-7-16)26(33,21-5-3-4-10-27-21)18-8-9-22(32)28-13-18/h5-14,17,34H,3-4H2,1-2H3,(H,31,32);4-6,9-14,17,33H,7-8H2,1-3H3,(H,30,31);5-12,15,34H,3-4H2,1-2H3,(H,31,32);3-5,8-13,16,33H,6-7H2,1-2H3,(H,28,32)(H,29,30). The normalized spacial score (nSPS) is 14.7. The van der Waals surface area contributed by atoms with E-state index in [0.717, 1.165) is 158 Å². The van der Waals surface area contributed by atoms with Crippen LogP contribution in [0.4, 0.5) is 17.6 Å². The number of ether oxygens (including phenoxy) is 1. The van der Waals surface area contributed by atoms with E-state index in [4.69, 9.17) is 42.8 Å². The van der Waals surface area contributed by atoms with Gasteiger partial charge in [-0.2, -0.15) is 8.78 Å². The summed E-state index contributed by atoms with van der Waals surface area (Å²) in [5.74, 6) is 6.04. The van der Waals surface area contributed by atoms with Gasteiger partial charge in [0.2, 0.25) is 23.3 Å². The monoisotopic (exact) mass is 1860 g/mol. The van der Waals surface area contributed by atoms with Crippen LogP contribution in [-0.4, -0.2) is 118 Å². The average molecular weight is 1870 g/mol. The molecule has 4 aliphatic carbocycles. The van der Waals surface area contributed by atoms with Gasteiger partial charge in [0.15, 0.2) is 11.2 Å². The van der Waals surface area contributed by atoms with Gasteiger partial charge in [-0.3, -0.25) is 14.8 Å². The molecule has 0 amide bonds. The maximum absolute atomic E-state index is 13.9. The topological polar surface area (TPSA) is 406 Å². The van der Waals surface area contributed by atoms with Crippen LogP contribution in [0.3, 0.4) is 0 Å². The van der Waals surface area contributed by atoms with Gasteiger partial charge in [-0.25, -0.2) is 43.7 Å². The molecule has 4 aliphatic rings. The number of halogens is 4. The van der Waals surface area contributed by atoms with E-state index in [2.05, 4.69) is 76.5 Å². The van der Waals surface area contributed by atoms with Crippen LogP contribution < -0.4 is 10.3 Å². The first-order valence-corrected chi connectivity index (χ1v) is 45.7. The van der Waals surface area contributed by atoms with Crippen LogP contribution in [0.1, 0.15) is 211 Å². The Kier molecular flexibility index (Phi) is 22.8. The third kappa shape index (κ3) is 16.6. The van der Waals surface area contributed by atoms with Gasteiger partial charge in [0, 0.05) is 140 Å². The van der Waals surface area contributed by atoms with E-state index in [9.17, 15) is 42.8 Å². The molecule has 2 unspecified atom stereocenters. The predicted octanol–water partition coefficient (Wildman–Crippen LogP) is 20.2. The van der Waals surface area contributed by atoms with Gasteiger partial charge in [-0.05, 0) is 274 Å². The van der Waals surface area contributed by atoms with Crippen LogP contribution >= 0.6 is 0 Å². The van der Waals surface area contributed by atoms with Crippen molar-refractivity contribution in [3.05, 3.63) is 389 Å². The second-order valence-electron chi connectivity index (χ2n) is 36.1. The molecule has 698 valence electrons. The smallest absolute Gasteiger partial charge is 0.247 e. The number of H-pyrrole nitrogens is 5. The lowest BCUT2D eigenvalue weighted by Crippen LogP contribution is -2.31. The van der Waals surface area contributed by atoms with Crippen LogP contribution in [0.2, 0.25) is 0 Å². The van der Waals surface area contributed by atoms with Crippen molar-refractivity contribution in [3.8, 4) is 50.4 Å². The maximum atomic E-state index is 13.9. The Morgan fingerprint density at radius 2 is 0.647 bits per heavy atom. The summed E-state index contributed by atoms with van der Waals surface area (Å²) in [7, 11) is 1.56. The van der Waals surface area contributed by atoms with E-state index in [1.165, 1.54) is 73.2 Å². The summed E-state index contributed by atoms with van der Waals surface area (Å²) in [6, 6.07) is 49.7. The number of aromatic nitrogens is 18. The number of benzene rings is 6. The molecule has 28 nitrogen and oxygen atoms in total. The molecular weight excluding hydrogens is 1770 g/mol. The predicted molar refractivity (Wildman–Crippen MR) is 508 cm³/mol. The minimum Gasteiger partial charge on any atom is -0.481 e. The molecule has 14 aromatic heterocycles. The Labute approximate surface area is 790 Å². The highest BCUT2D eigenvalue weighted by Gasteiger charge is 2.45. The van der Waals surface area contributed by atoms with Crippen molar-refractivity contribution in [1.29, 1.82) is 0 Å². The Balaban J connectivity index is 0.000000110. The molecule has 32 heteroatoms. The molecular formula is C107H92F4N18O10. The third-order valence-electron chi connectivity index (χ3n) is 26.6. The second kappa shape index (κ2) is 35.3. The zero-order valence-electron chi connectivity index (χ0n) is 76.8. The molecule has 6 aromatic carbocycles. The van der Waals surface area contributed by atoms with Crippen LogP contribution in [0.15, 0.2) is 242 Å². The first-order chi connectivity index (χ1) is 67.1. The number of aryl methyl sites for hydroxylation is 8. The molecule has 4 fully saturated rings. The number of fused-ring (bicyclic) bond motifs is 4. The Morgan fingerprint density at radius 1 is 0.345 bits per heavy atom. The summed E-state index contributed by atoms with van der Waals surface area (Å²) in [4.78, 5) is 68.9. The number of aliphatic hydroxyl groups is 4. The molecule has 0 spiro atoms. The van der Waals surface area contributed by atoms with Crippen molar-refractivity contribution in [2.75, 3.05) is 7.11 Å². The number of nitrogens with one attached hydrogen (secondary N) is 5. The van der Waals surface area contributed by atoms with Crippen molar-refractivity contribution in [2.24, 2.45) is 0 Å². The number of nitrogens with zero attached hydrogens (tertiary/aromatic N) is 13. The second-order valence-corrected chi connectivity index (χ2v) is 36.1. The van der Waals surface area contributed by atoms with Gasteiger partial charge in [-0.1, -0.05) is 57.0 Å². The molecule has 14 heterocycles. The third-order valence-corrected chi connectivity index (χ3v) is 26.6. The number of imidazole rings is 4. The number of pyridine rings is 6. The van der Waals surface area contributed by atoms with E-state index in [1.807, 2.05) is 128 Å². The highest BCUT2D eigenvalue weighted by atomic mass is 19.1. The zero-order valence-corrected chi connectivity index (χ0v) is 76.8. The Morgan fingerprint density at radius 3 is 0.921 bits per heavy atom. The average Bonchev–Trinajstić information content (AvgIpc) is 1.63. The first kappa shape index (κ1) is 89.6. The number of hydrogen-bond acceptors (Lipinski definition) is 23. The van der Waals surface area contributed by atoms with E-state index in [0.29, 0.717) is 147 Å². The van der Waals surface area contributed by atoms with Crippen molar-refractivity contribution in [2.45, 2.75) is 153 Å². The first-order valence-electron chi connectivity index (χ1n) is 45.7. The van der Waals surface area contributed by atoms with Gasteiger partial charge < -0.3 is 68.2 Å². The minimum atomic E-state index is -1.86. The van der Waals surface area contributed by atoms with Gasteiger partial charge in [0.05, 0.1) is 85.4 Å². The van der Waals surface area contributed by atoms with Gasteiger partial charge >= 0.3 is 0 Å². The lowest BCUT2D eigenvalue weighted by Gasteiger charge is -2.31. The number of hydrogen-bond donors (Lipinski definition) is 9. The molecule has 24 rings (SSSR count). The van der Waals surface area contributed by atoms with Crippen molar-refractivity contribution >= 4 is 44.1 Å². The molecule has 139 heavy (non-hydrogen) atoms. The summed E-state index contributed by atoms with van der Waals surface area (Å²) in [6.45, 7) is 14.9. The molecule has 0 aliphatic heterocycles. The fourth-order valence-corrected chi connectivity index (χ4v) is 18.9. The number of methoxy groups -OCH3 is 1. The SMILES string of the molecule is COc1ccc(C(O)(c2ccccn2)c2cc(-c3c(C)noc3C)cc3[nH]c(C4CC4)nc23)cn1.Cc1noc(C)c1-c1cc(C(O)(c2ccc(=O)[nH]c2)c2ccccn2)c2nc(C3CC3)[nH]c2c1.Cc1noc(C)c1-c1cc(C(O)(c2ccc(F)cc2)c2ccc(F)cc2)c2nc(C3CC3)[nH]c2c1.Cc1noc(C)c1-c1cc(C(O)(c2ccc(F)nc2)c2ccc(F)nc2)c2nc(C3CC3)[nH]c2c1. The van der Waals surface area contributed by atoms with Crippen LogP contribution in [-0.2, 0) is 22.4 Å². The lowest BCUT2D eigenvalue weighted by atomic mass is 9.78. The summed E-state index contributed by atoms with van der Waals surface area (Å²) in [5, 5.41) is 66.4. The van der Waals surface area contributed by atoms with E-state index >= 15 is 0 Å². The molecule has 2 atom stereocenters.